The number of hydrogen-bond acceptors (Lipinski definition) is 3. The van der Waals surface area contributed by atoms with Gasteiger partial charge in [0.05, 0.1) is 6.61 Å². The summed E-state index contributed by atoms with van der Waals surface area (Å²) >= 11 is 0. The highest BCUT2D eigenvalue weighted by Crippen LogP contribution is 2.17. The summed E-state index contributed by atoms with van der Waals surface area (Å²) in [6, 6.07) is 7.83. The Hall–Kier alpha value is -1.55. The zero-order valence-corrected chi connectivity index (χ0v) is 13.8. The number of rotatable bonds is 11. The fraction of sp³-hybridized carbons (Fsp3) is 0.611. The Morgan fingerprint density at radius 3 is 2.41 bits per heavy atom. The minimum absolute atomic E-state index is 0.417. The van der Waals surface area contributed by atoms with Crippen LogP contribution in [0.3, 0.4) is 0 Å². The van der Waals surface area contributed by atoms with Crippen molar-refractivity contribution in [1.82, 2.24) is 0 Å². The molecule has 0 amide bonds. The normalized spacial score (nSPS) is 13.6. The van der Waals surface area contributed by atoms with Crippen LogP contribution in [0.5, 0.6) is 5.75 Å². The predicted octanol–water partition coefficient (Wildman–Crippen LogP) is 3.77. The molecule has 1 unspecified atom stereocenters. The first-order valence-corrected chi connectivity index (χ1v) is 8.19. The molecule has 0 aromatic heterocycles. The SMILES string of the molecule is CCCCCCCOc1ccc(CCC(C)(N)C(=O)O)cc1. The van der Waals surface area contributed by atoms with E-state index >= 15 is 0 Å². The summed E-state index contributed by atoms with van der Waals surface area (Å²) in [6.07, 6.45) is 7.20. The number of ether oxygens (including phenoxy) is 1. The van der Waals surface area contributed by atoms with Crippen molar-refractivity contribution in [2.75, 3.05) is 6.61 Å². The highest BCUT2D eigenvalue weighted by molar-refractivity contribution is 5.77. The fourth-order valence-electron chi connectivity index (χ4n) is 2.16. The van der Waals surface area contributed by atoms with Gasteiger partial charge < -0.3 is 15.6 Å². The Morgan fingerprint density at radius 2 is 1.82 bits per heavy atom. The minimum Gasteiger partial charge on any atom is -0.494 e. The van der Waals surface area contributed by atoms with E-state index in [1.807, 2.05) is 24.3 Å². The van der Waals surface area contributed by atoms with Crippen LogP contribution in [-0.2, 0) is 11.2 Å². The molecule has 1 rings (SSSR count). The predicted molar refractivity (Wildman–Crippen MR) is 89.2 cm³/mol. The molecule has 0 aliphatic heterocycles. The van der Waals surface area contributed by atoms with E-state index in [4.69, 9.17) is 15.6 Å². The number of aliphatic carboxylic acids is 1. The summed E-state index contributed by atoms with van der Waals surface area (Å²) in [6.45, 7) is 4.51. The average molecular weight is 307 g/mol. The molecule has 1 atom stereocenters. The molecule has 0 radical (unpaired) electrons. The summed E-state index contributed by atoms with van der Waals surface area (Å²) in [7, 11) is 0. The number of unbranched alkanes of at least 4 members (excludes halogenated alkanes) is 4. The first kappa shape index (κ1) is 18.5. The van der Waals surface area contributed by atoms with Gasteiger partial charge in [0.25, 0.3) is 0 Å². The molecular formula is C18H29NO3. The van der Waals surface area contributed by atoms with Gasteiger partial charge in [0.2, 0.25) is 0 Å². The van der Waals surface area contributed by atoms with Crippen LogP contribution in [0.2, 0.25) is 0 Å². The van der Waals surface area contributed by atoms with Gasteiger partial charge in [0.1, 0.15) is 11.3 Å². The third kappa shape index (κ3) is 6.94. The highest BCUT2D eigenvalue weighted by atomic mass is 16.5. The van der Waals surface area contributed by atoms with Crippen molar-refractivity contribution in [2.45, 2.75) is 64.3 Å². The molecule has 0 saturated heterocycles. The van der Waals surface area contributed by atoms with Crippen LogP contribution >= 0.6 is 0 Å². The molecule has 0 aliphatic carbocycles. The number of aryl methyl sites for hydroxylation is 1. The number of carbonyl (C=O) groups is 1. The average Bonchev–Trinajstić information content (AvgIpc) is 2.50. The maximum atomic E-state index is 11.0. The zero-order chi connectivity index (χ0) is 16.4. The largest absolute Gasteiger partial charge is 0.494 e. The number of hydrogen-bond donors (Lipinski definition) is 2. The van der Waals surface area contributed by atoms with E-state index in [9.17, 15) is 4.79 Å². The van der Waals surface area contributed by atoms with Gasteiger partial charge in [-0.05, 0) is 43.9 Å². The first-order chi connectivity index (χ1) is 10.5. The molecule has 22 heavy (non-hydrogen) atoms. The van der Waals surface area contributed by atoms with Gasteiger partial charge in [-0.25, -0.2) is 0 Å². The molecule has 1 aromatic rings. The van der Waals surface area contributed by atoms with Gasteiger partial charge in [-0.3, -0.25) is 4.79 Å². The smallest absolute Gasteiger partial charge is 0.323 e. The Balaban J connectivity index is 2.29. The summed E-state index contributed by atoms with van der Waals surface area (Å²) < 4.78 is 5.71. The maximum absolute atomic E-state index is 11.0. The zero-order valence-electron chi connectivity index (χ0n) is 13.8. The minimum atomic E-state index is -1.17. The van der Waals surface area contributed by atoms with E-state index in [0.29, 0.717) is 12.8 Å². The third-order valence-corrected chi connectivity index (χ3v) is 3.86. The van der Waals surface area contributed by atoms with Gasteiger partial charge in [0, 0.05) is 0 Å². The number of carboxylic acids is 1. The van der Waals surface area contributed by atoms with Gasteiger partial charge in [-0.1, -0.05) is 44.7 Å². The number of benzene rings is 1. The number of nitrogens with two attached hydrogens (primary N) is 1. The lowest BCUT2D eigenvalue weighted by molar-refractivity contribution is -0.142. The van der Waals surface area contributed by atoms with Crippen molar-refractivity contribution in [3.63, 3.8) is 0 Å². The molecule has 0 bridgehead atoms. The van der Waals surface area contributed by atoms with Crippen molar-refractivity contribution in [2.24, 2.45) is 5.73 Å². The van der Waals surface area contributed by atoms with Crippen molar-refractivity contribution >= 4 is 5.97 Å². The summed E-state index contributed by atoms with van der Waals surface area (Å²) in [5, 5.41) is 8.99. The van der Waals surface area contributed by atoms with Gasteiger partial charge in [-0.15, -0.1) is 0 Å². The van der Waals surface area contributed by atoms with Crippen LogP contribution in [0.1, 0.15) is 57.9 Å². The lowest BCUT2D eigenvalue weighted by Crippen LogP contribution is -2.45. The third-order valence-electron chi connectivity index (χ3n) is 3.86. The molecule has 4 heteroatoms. The summed E-state index contributed by atoms with van der Waals surface area (Å²) in [5.74, 6) is -0.0940. The summed E-state index contributed by atoms with van der Waals surface area (Å²) in [4.78, 5) is 11.0. The molecule has 0 fully saturated rings. The van der Waals surface area contributed by atoms with Crippen LogP contribution in [0.15, 0.2) is 24.3 Å². The fourth-order valence-corrected chi connectivity index (χ4v) is 2.16. The van der Waals surface area contributed by atoms with E-state index < -0.39 is 11.5 Å². The topological polar surface area (TPSA) is 72.5 Å². The van der Waals surface area contributed by atoms with Gasteiger partial charge in [-0.2, -0.15) is 0 Å². The number of carboxylic acid groups (broad SMARTS) is 1. The molecule has 3 N–H and O–H groups in total. The molecular weight excluding hydrogens is 278 g/mol. The van der Waals surface area contributed by atoms with Crippen LogP contribution in [0.25, 0.3) is 0 Å². The second kappa shape index (κ2) is 9.46. The van der Waals surface area contributed by atoms with E-state index in [0.717, 1.165) is 24.3 Å². The van der Waals surface area contributed by atoms with E-state index in [1.165, 1.54) is 25.7 Å². The molecule has 4 nitrogen and oxygen atoms in total. The Morgan fingerprint density at radius 1 is 1.18 bits per heavy atom. The van der Waals surface area contributed by atoms with E-state index in [1.54, 1.807) is 6.92 Å². The van der Waals surface area contributed by atoms with Crippen LogP contribution in [0.4, 0.5) is 0 Å². The monoisotopic (exact) mass is 307 g/mol. The molecule has 0 aliphatic rings. The van der Waals surface area contributed by atoms with Gasteiger partial charge in [0.15, 0.2) is 0 Å². The first-order valence-electron chi connectivity index (χ1n) is 8.19. The van der Waals surface area contributed by atoms with E-state index in [2.05, 4.69) is 6.92 Å². The van der Waals surface area contributed by atoms with Gasteiger partial charge >= 0.3 is 5.97 Å². The lowest BCUT2D eigenvalue weighted by atomic mass is 9.94. The second-order valence-corrected chi connectivity index (χ2v) is 6.13. The Bertz CT molecular complexity index is 440. The van der Waals surface area contributed by atoms with Crippen LogP contribution < -0.4 is 10.5 Å². The Labute approximate surface area is 133 Å². The standard InChI is InChI=1S/C18H29NO3/c1-3-4-5-6-7-14-22-16-10-8-15(9-11-16)12-13-18(2,19)17(20)21/h8-11H,3-7,12-14,19H2,1-2H3,(H,20,21). The molecule has 0 heterocycles. The lowest BCUT2D eigenvalue weighted by Gasteiger charge is -2.18. The van der Waals surface area contributed by atoms with E-state index in [-0.39, 0.29) is 0 Å². The molecule has 0 saturated carbocycles. The quantitative estimate of drug-likeness (QED) is 0.610. The highest BCUT2D eigenvalue weighted by Gasteiger charge is 2.27. The van der Waals surface area contributed by atoms with Crippen molar-refractivity contribution in [3.05, 3.63) is 29.8 Å². The second-order valence-electron chi connectivity index (χ2n) is 6.13. The van der Waals surface area contributed by atoms with Crippen LogP contribution in [0, 0.1) is 0 Å². The maximum Gasteiger partial charge on any atom is 0.323 e. The molecule has 124 valence electrons. The summed E-state index contributed by atoms with van der Waals surface area (Å²) in [5.41, 5.74) is 5.63. The van der Waals surface area contributed by atoms with Crippen LogP contribution in [-0.4, -0.2) is 23.2 Å². The van der Waals surface area contributed by atoms with Crippen molar-refractivity contribution < 1.29 is 14.6 Å². The van der Waals surface area contributed by atoms with Crippen molar-refractivity contribution in [3.8, 4) is 5.75 Å². The molecule has 0 spiro atoms. The Kier molecular flexibility index (Phi) is 7.96. The van der Waals surface area contributed by atoms with Crippen molar-refractivity contribution in [1.29, 1.82) is 0 Å². The molecule has 1 aromatic carbocycles.